The van der Waals surface area contributed by atoms with E-state index in [1.54, 1.807) is 0 Å². The van der Waals surface area contributed by atoms with Gasteiger partial charge >= 0.3 is 0 Å². The molecule has 3 rings (SSSR count). The van der Waals surface area contributed by atoms with E-state index in [0.29, 0.717) is 5.02 Å². The third-order valence-electron chi connectivity index (χ3n) is 2.78. The Morgan fingerprint density at radius 2 is 1.88 bits per heavy atom. The molecule has 0 saturated heterocycles. The first-order valence-corrected chi connectivity index (χ1v) is 5.82. The van der Waals surface area contributed by atoms with Gasteiger partial charge < -0.3 is 4.40 Å². The number of benzene rings is 1. The van der Waals surface area contributed by atoms with Gasteiger partial charge in [0.25, 0.3) is 0 Å². The van der Waals surface area contributed by atoms with Gasteiger partial charge in [0.2, 0.25) is 0 Å². The number of hydrogen-bond donors (Lipinski definition) is 0. The summed E-state index contributed by atoms with van der Waals surface area (Å²) in [5.74, 6) is 0. The van der Waals surface area contributed by atoms with Gasteiger partial charge in [0.1, 0.15) is 0 Å². The molecule has 0 spiro atoms. The highest BCUT2D eigenvalue weighted by Crippen LogP contribution is 2.23. The summed E-state index contributed by atoms with van der Waals surface area (Å²) in [6, 6.07) is 12.1. The highest BCUT2D eigenvalue weighted by molar-refractivity contribution is 6.33. The van der Waals surface area contributed by atoms with E-state index < -0.39 is 0 Å². The van der Waals surface area contributed by atoms with Crippen molar-refractivity contribution >= 4 is 17.2 Å². The first-order chi connectivity index (χ1) is 8.24. The van der Waals surface area contributed by atoms with Crippen molar-refractivity contribution in [2.24, 2.45) is 0 Å². The van der Waals surface area contributed by atoms with Gasteiger partial charge in [0.15, 0.2) is 5.65 Å². The maximum atomic E-state index is 6.10. The molecule has 0 N–H and O–H groups in total. The molecule has 0 saturated carbocycles. The van der Waals surface area contributed by atoms with E-state index in [1.807, 2.05) is 28.9 Å². The molecule has 17 heavy (non-hydrogen) atoms. The molecule has 0 fully saturated rings. The molecule has 2 heterocycles. The largest absolute Gasteiger partial charge is 0.305 e. The first kappa shape index (κ1) is 10.4. The number of aryl methyl sites for hydroxylation is 1. The van der Waals surface area contributed by atoms with Crippen molar-refractivity contribution < 1.29 is 0 Å². The minimum absolute atomic E-state index is 0.672. The zero-order valence-electron chi connectivity index (χ0n) is 9.39. The van der Waals surface area contributed by atoms with Crippen LogP contribution < -0.4 is 0 Å². The average Bonchev–Trinajstić information content (AvgIpc) is 2.75. The second-order valence-electron chi connectivity index (χ2n) is 4.08. The van der Waals surface area contributed by atoms with Crippen molar-refractivity contribution in [3.63, 3.8) is 0 Å². The number of rotatable bonds is 1. The van der Waals surface area contributed by atoms with Gasteiger partial charge in [0, 0.05) is 18.0 Å². The van der Waals surface area contributed by atoms with Crippen molar-refractivity contribution in [1.29, 1.82) is 0 Å². The molecule has 3 aromatic rings. The monoisotopic (exact) mass is 242 g/mol. The topological polar surface area (TPSA) is 17.3 Å². The van der Waals surface area contributed by atoms with E-state index in [0.717, 1.165) is 16.9 Å². The summed E-state index contributed by atoms with van der Waals surface area (Å²) in [6.07, 6.45) is 3.94. The van der Waals surface area contributed by atoms with Gasteiger partial charge in [-0.3, -0.25) is 0 Å². The Kier molecular flexibility index (Phi) is 2.37. The fraction of sp³-hybridized carbons (Fsp3) is 0.0714. The molecule has 0 aliphatic carbocycles. The average molecular weight is 243 g/mol. The van der Waals surface area contributed by atoms with Crippen LogP contribution in [0.5, 0.6) is 0 Å². The Balaban J connectivity index is 2.18. The van der Waals surface area contributed by atoms with Crippen LogP contribution in [0.25, 0.3) is 16.9 Å². The van der Waals surface area contributed by atoms with Crippen LogP contribution in [0.3, 0.4) is 0 Å². The summed E-state index contributed by atoms with van der Waals surface area (Å²) >= 11 is 6.10. The fourth-order valence-electron chi connectivity index (χ4n) is 1.84. The third kappa shape index (κ3) is 1.81. The van der Waals surface area contributed by atoms with Gasteiger partial charge in [-0.25, -0.2) is 4.98 Å². The van der Waals surface area contributed by atoms with E-state index in [9.17, 15) is 0 Å². The van der Waals surface area contributed by atoms with Crippen LogP contribution in [-0.4, -0.2) is 9.38 Å². The molecule has 84 valence electrons. The van der Waals surface area contributed by atoms with Crippen LogP contribution >= 0.6 is 11.6 Å². The first-order valence-electron chi connectivity index (χ1n) is 5.44. The van der Waals surface area contributed by atoms with E-state index in [1.165, 1.54) is 5.56 Å². The van der Waals surface area contributed by atoms with Gasteiger partial charge in [-0.2, -0.15) is 0 Å². The number of fused-ring (bicyclic) bond motifs is 1. The van der Waals surface area contributed by atoms with Crippen LogP contribution in [0.15, 0.2) is 48.8 Å². The predicted octanol–water partition coefficient (Wildman–Crippen LogP) is 3.96. The summed E-state index contributed by atoms with van der Waals surface area (Å²) < 4.78 is 1.94. The molecular formula is C14H11ClN2. The number of aromatic nitrogens is 2. The maximum Gasteiger partial charge on any atom is 0.156 e. The summed E-state index contributed by atoms with van der Waals surface area (Å²) in [5, 5.41) is 0.672. The Morgan fingerprint density at radius 1 is 1.12 bits per heavy atom. The highest BCUT2D eigenvalue weighted by atomic mass is 35.5. The third-order valence-corrected chi connectivity index (χ3v) is 3.08. The van der Waals surface area contributed by atoms with Gasteiger partial charge in [-0.15, -0.1) is 0 Å². The molecule has 3 heteroatoms. The van der Waals surface area contributed by atoms with Crippen LogP contribution in [0.4, 0.5) is 0 Å². The second-order valence-corrected chi connectivity index (χ2v) is 4.49. The molecule has 0 amide bonds. The lowest BCUT2D eigenvalue weighted by Crippen LogP contribution is -1.80. The number of nitrogens with zero attached hydrogens (tertiary/aromatic N) is 2. The molecule has 2 aromatic heterocycles. The zero-order valence-corrected chi connectivity index (χ0v) is 10.1. The van der Waals surface area contributed by atoms with E-state index in [4.69, 9.17) is 11.6 Å². The number of imidazole rings is 1. The Bertz CT molecular complexity index is 668. The molecule has 0 bridgehead atoms. The molecule has 0 atom stereocenters. The number of pyridine rings is 1. The van der Waals surface area contributed by atoms with Gasteiger partial charge in [-0.1, -0.05) is 41.4 Å². The second kappa shape index (κ2) is 3.90. The van der Waals surface area contributed by atoms with Crippen molar-refractivity contribution in [3.05, 3.63) is 59.4 Å². The fourth-order valence-corrected chi connectivity index (χ4v) is 2.05. The van der Waals surface area contributed by atoms with E-state index in [2.05, 4.69) is 36.2 Å². The Hall–Kier alpha value is -1.80. The molecule has 0 aliphatic rings. The van der Waals surface area contributed by atoms with Crippen LogP contribution in [0, 0.1) is 6.92 Å². The highest BCUT2D eigenvalue weighted by Gasteiger charge is 2.06. The van der Waals surface area contributed by atoms with Crippen molar-refractivity contribution in [2.45, 2.75) is 6.92 Å². The Morgan fingerprint density at radius 3 is 2.59 bits per heavy atom. The number of halogens is 1. The standard InChI is InChI=1S/C14H11ClN2/c1-10-4-6-11(7-5-10)13-9-17-8-2-3-12(15)14(17)16-13/h2-9H,1H3. The molecule has 1 aromatic carbocycles. The van der Waals surface area contributed by atoms with Gasteiger partial charge in [-0.05, 0) is 19.1 Å². The van der Waals surface area contributed by atoms with E-state index in [-0.39, 0.29) is 0 Å². The molecular weight excluding hydrogens is 232 g/mol. The summed E-state index contributed by atoms with van der Waals surface area (Å²) in [5.41, 5.74) is 4.09. The molecule has 0 aliphatic heterocycles. The van der Waals surface area contributed by atoms with Crippen molar-refractivity contribution in [1.82, 2.24) is 9.38 Å². The van der Waals surface area contributed by atoms with Crippen LogP contribution in [0.2, 0.25) is 5.02 Å². The normalized spacial score (nSPS) is 10.9. The minimum Gasteiger partial charge on any atom is -0.305 e. The summed E-state index contributed by atoms with van der Waals surface area (Å²) in [4.78, 5) is 4.54. The lowest BCUT2D eigenvalue weighted by Gasteiger charge is -1.96. The van der Waals surface area contributed by atoms with E-state index >= 15 is 0 Å². The van der Waals surface area contributed by atoms with Gasteiger partial charge in [0.05, 0.1) is 10.7 Å². The molecule has 0 radical (unpaired) electrons. The predicted molar refractivity (Wildman–Crippen MR) is 70.4 cm³/mol. The summed E-state index contributed by atoms with van der Waals surface area (Å²) in [7, 11) is 0. The van der Waals surface area contributed by atoms with Crippen molar-refractivity contribution in [3.8, 4) is 11.3 Å². The SMILES string of the molecule is Cc1ccc(-c2cn3cccc(Cl)c3n2)cc1. The van der Waals surface area contributed by atoms with Crippen LogP contribution in [0.1, 0.15) is 5.56 Å². The smallest absolute Gasteiger partial charge is 0.156 e. The number of hydrogen-bond acceptors (Lipinski definition) is 1. The quantitative estimate of drug-likeness (QED) is 0.631. The lowest BCUT2D eigenvalue weighted by molar-refractivity contribution is 1.19. The maximum absolute atomic E-state index is 6.10. The summed E-state index contributed by atoms with van der Waals surface area (Å²) in [6.45, 7) is 2.07. The zero-order chi connectivity index (χ0) is 11.8. The lowest BCUT2D eigenvalue weighted by atomic mass is 10.1. The Labute approximate surface area is 104 Å². The minimum atomic E-state index is 0.672. The van der Waals surface area contributed by atoms with Crippen LogP contribution in [-0.2, 0) is 0 Å². The molecule has 2 nitrogen and oxygen atoms in total. The molecule has 0 unspecified atom stereocenters. The van der Waals surface area contributed by atoms with Crippen molar-refractivity contribution in [2.75, 3.05) is 0 Å².